The first-order chi connectivity index (χ1) is 19.6. The number of aliphatic carboxylic acids is 1. The molecule has 2 aromatic rings. The van der Waals surface area contributed by atoms with Gasteiger partial charge >= 0.3 is 18.4 Å². The molecule has 3 rings (SSSR count). The fraction of sp³-hybridized carbons (Fsp3) is 0.562. The number of carboxylic acids is 1. The minimum absolute atomic E-state index is 0.0156. The minimum atomic E-state index is -4.79. The Hall–Kier alpha value is -2.92. The first-order valence-corrected chi connectivity index (χ1v) is 15.0. The number of likely N-dealkylation sites (N-methyl/N-ethyl adjacent to an activating group) is 1. The maximum atomic E-state index is 12.8. The summed E-state index contributed by atoms with van der Waals surface area (Å²) in [6.45, 7) is 18.0. The molecule has 0 saturated carbocycles. The van der Waals surface area contributed by atoms with Crippen molar-refractivity contribution >= 4 is 23.8 Å². The first kappa shape index (κ1) is 36.3. The van der Waals surface area contributed by atoms with Gasteiger partial charge in [0.05, 0.1) is 11.2 Å². The van der Waals surface area contributed by atoms with Crippen LogP contribution in [0.2, 0.25) is 0 Å². The van der Waals surface area contributed by atoms with E-state index in [1.165, 1.54) is 23.9 Å². The molecule has 43 heavy (non-hydrogen) atoms. The Labute approximate surface area is 257 Å². The average molecular weight is 628 g/mol. The van der Waals surface area contributed by atoms with Gasteiger partial charge in [0.25, 0.3) is 0 Å². The van der Waals surface area contributed by atoms with Crippen LogP contribution in [0.3, 0.4) is 0 Å². The molecule has 0 saturated heterocycles. The van der Waals surface area contributed by atoms with Crippen LogP contribution in [0.5, 0.6) is 11.5 Å². The van der Waals surface area contributed by atoms with Crippen LogP contribution in [0, 0.1) is 0 Å². The zero-order valence-electron chi connectivity index (χ0n) is 26.4. The van der Waals surface area contributed by atoms with Gasteiger partial charge in [0.15, 0.2) is 0 Å². The molecule has 0 spiro atoms. The highest BCUT2D eigenvalue weighted by atomic mass is 32.2. The number of nitrogens with zero attached hydrogens (tertiary/aromatic N) is 1. The van der Waals surface area contributed by atoms with Crippen LogP contribution in [0.4, 0.5) is 18.0 Å². The van der Waals surface area contributed by atoms with Crippen LogP contribution in [0.15, 0.2) is 47.4 Å². The third-order valence-corrected chi connectivity index (χ3v) is 7.33. The van der Waals surface area contributed by atoms with Crippen molar-refractivity contribution in [3.8, 4) is 11.5 Å². The lowest BCUT2D eigenvalue weighted by Crippen LogP contribution is -2.44. The van der Waals surface area contributed by atoms with E-state index in [0.29, 0.717) is 19.4 Å². The van der Waals surface area contributed by atoms with E-state index >= 15 is 0 Å². The summed E-state index contributed by atoms with van der Waals surface area (Å²) in [5, 5.41) is 9.36. The number of aryl methyl sites for hydroxylation is 1. The SMILES string of the molecule is CC(C)(C)OC(C)(C)C.CCN(C(=O)Oc1ccc(OC(F)(F)F)cc1)C1CCc2cc(SC(C)(C)C(=O)O)ccc2C1. The normalized spacial score (nSPS) is 15.5. The van der Waals surface area contributed by atoms with Crippen molar-refractivity contribution in [2.24, 2.45) is 0 Å². The number of carboxylic acid groups (broad SMARTS) is 1. The summed E-state index contributed by atoms with van der Waals surface area (Å²) in [6, 6.07) is 10.5. The summed E-state index contributed by atoms with van der Waals surface area (Å²) in [5.41, 5.74) is 2.19. The van der Waals surface area contributed by atoms with Crippen molar-refractivity contribution in [2.45, 2.75) is 115 Å². The number of fused-ring (bicyclic) bond motifs is 1. The maximum absolute atomic E-state index is 12.8. The molecule has 11 heteroatoms. The lowest BCUT2D eigenvalue weighted by molar-refractivity contribution is -0.274. The average Bonchev–Trinajstić information content (AvgIpc) is 2.82. The Bertz CT molecular complexity index is 1220. The van der Waals surface area contributed by atoms with Gasteiger partial charge in [-0.25, -0.2) is 4.79 Å². The number of carbonyl (C=O) groups is 2. The third kappa shape index (κ3) is 12.7. The monoisotopic (exact) mass is 627 g/mol. The number of hydrogen-bond acceptors (Lipinski definition) is 6. The Morgan fingerprint density at radius 3 is 1.93 bits per heavy atom. The second-order valence-corrected chi connectivity index (χ2v) is 14.4. The van der Waals surface area contributed by atoms with Crippen molar-refractivity contribution in [3.63, 3.8) is 0 Å². The number of amides is 1. The molecule has 0 heterocycles. The summed E-state index contributed by atoms with van der Waals surface area (Å²) in [7, 11) is 0. The van der Waals surface area contributed by atoms with Gasteiger partial charge in [-0.15, -0.1) is 24.9 Å². The van der Waals surface area contributed by atoms with E-state index in [-0.39, 0.29) is 23.0 Å². The van der Waals surface area contributed by atoms with Crippen LogP contribution in [0.1, 0.15) is 79.9 Å². The fourth-order valence-electron chi connectivity index (χ4n) is 4.70. The summed E-state index contributed by atoms with van der Waals surface area (Å²) in [6.07, 6.45) is -3.29. The molecule has 7 nitrogen and oxygen atoms in total. The van der Waals surface area contributed by atoms with Gasteiger partial charge in [-0.1, -0.05) is 6.07 Å². The van der Waals surface area contributed by atoms with E-state index in [4.69, 9.17) is 9.47 Å². The molecule has 0 bridgehead atoms. The molecule has 1 unspecified atom stereocenters. The number of halogens is 3. The van der Waals surface area contributed by atoms with Crippen molar-refractivity contribution in [1.29, 1.82) is 0 Å². The number of carbonyl (C=O) groups excluding carboxylic acids is 1. The fourth-order valence-corrected chi connectivity index (χ4v) is 5.72. The summed E-state index contributed by atoms with van der Waals surface area (Å²) >= 11 is 1.29. The highest BCUT2D eigenvalue weighted by Gasteiger charge is 2.32. The Kier molecular flexibility index (Phi) is 12.0. The van der Waals surface area contributed by atoms with E-state index in [1.807, 2.05) is 25.1 Å². The minimum Gasteiger partial charge on any atom is -0.480 e. The van der Waals surface area contributed by atoms with Gasteiger partial charge in [-0.05, 0) is 129 Å². The lowest BCUT2D eigenvalue weighted by Gasteiger charge is -2.34. The first-order valence-electron chi connectivity index (χ1n) is 14.2. The van der Waals surface area contributed by atoms with Crippen molar-refractivity contribution in [1.82, 2.24) is 4.90 Å². The van der Waals surface area contributed by atoms with E-state index in [1.54, 1.807) is 18.7 Å². The summed E-state index contributed by atoms with van der Waals surface area (Å²) in [4.78, 5) is 26.7. The highest BCUT2D eigenvalue weighted by molar-refractivity contribution is 8.01. The molecule has 240 valence electrons. The van der Waals surface area contributed by atoms with Gasteiger partial charge in [-0.3, -0.25) is 4.79 Å². The number of rotatable bonds is 7. The van der Waals surface area contributed by atoms with Crippen LogP contribution in [-0.4, -0.2) is 57.0 Å². The Morgan fingerprint density at radius 1 is 0.907 bits per heavy atom. The maximum Gasteiger partial charge on any atom is 0.573 e. The van der Waals surface area contributed by atoms with Crippen molar-refractivity contribution in [2.75, 3.05) is 6.54 Å². The van der Waals surface area contributed by atoms with Gasteiger partial charge in [0.2, 0.25) is 0 Å². The topological polar surface area (TPSA) is 85.3 Å². The molecular weight excluding hydrogens is 583 g/mol. The predicted molar refractivity (Wildman–Crippen MR) is 162 cm³/mol. The quantitative estimate of drug-likeness (QED) is 0.308. The molecule has 0 aromatic heterocycles. The summed E-state index contributed by atoms with van der Waals surface area (Å²) < 4.78 is 50.8. The number of ether oxygens (including phenoxy) is 3. The Morgan fingerprint density at radius 2 is 1.47 bits per heavy atom. The molecule has 1 atom stereocenters. The molecule has 1 N–H and O–H groups in total. The smallest absolute Gasteiger partial charge is 0.480 e. The highest BCUT2D eigenvalue weighted by Crippen LogP contribution is 2.36. The van der Waals surface area contributed by atoms with Crippen LogP contribution < -0.4 is 9.47 Å². The molecule has 1 aliphatic carbocycles. The number of hydrogen-bond donors (Lipinski definition) is 1. The van der Waals surface area contributed by atoms with Crippen LogP contribution in [-0.2, 0) is 22.4 Å². The van der Waals surface area contributed by atoms with Crippen molar-refractivity contribution in [3.05, 3.63) is 53.6 Å². The molecule has 0 fully saturated rings. The van der Waals surface area contributed by atoms with E-state index in [0.717, 1.165) is 34.6 Å². The van der Waals surface area contributed by atoms with Gasteiger partial charge < -0.3 is 24.2 Å². The summed E-state index contributed by atoms with van der Waals surface area (Å²) in [5.74, 6) is -1.15. The molecule has 1 amide bonds. The third-order valence-electron chi connectivity index (χ3n) is 6.16. The molecule has 0 aliphatic heterocycles. The van der Waals surface area contributed by atoms with Gasteiger partial charge in [-0.2, -0.15) is 0 Å². The van der Waals surface area contributed by atoms with E-state index in [2.05, 4.69) is 46.3 Å². The molecule has 1 aliphatic rings. The number of alkyl halides is 3. The lowest BCUT2D eigenvalue weighted by atomic mass is 9.87. The largest absolute Gasteiger partial charge is 0.573 e. The second kappa shape index (κ2) is 14.2. The van der Waals surface area contributed by atoms with Crippen molar-refractivity contribution < 1.29 is 42.1 Å². The van der Waals surface area contributed by atoms with E-state index < -0.39 is 28.9 Å². The predicted octanol–water partition coefficient (Wildman–Crippen LogP) is 8.52. The molecular formula is C32H44F3NO6S. The zero-order valence-corrected chi connectivity index (χ0v) is 27.2. The van der Waals surface area contributed by atoms with Gasteiger partial charge in [0.1, 0.15) is 16.2 Å². The van der Waals surface area contributed by atoms with Crippen LogP contribution in [0.25, 0.3) is 0 Å². The number of thioether (sulfide) groups is 1. The standard InChI is InChI=1S/C24H26F3NO5S.C8H18O/c1-4-28(22(31)32-18-8-10-19(11-9-18)33-24(25,26)27)17-7-5-16-14-20(12-6-15(16)13-17)34-23(2,3)21(29)30;1-7(2,3)9-8(4,5)6/h6,8-12,14,17H,4-5,7,13H2,1-3H3,(H,29,30);1-6H3. The number of benzene rings is 2. The second-order valence-electron chi connectivity index (χ2n) is 12.7. The van der Waals surface area contributed by atoms with Crippen LogP contribution >= 0.6 is 11.8 Å². The Balaban J connectivity index is 0.000000621. The van der Waals surface area contributed by atoms with Gasteiger partial charge in [0, 0.05) is 17.5 Å². The zero-order chi connectivity index (χ0) is 32.8. The van der Waals surface area contributed by atoms with E-state index in [9.17, 15) is 27.9 Å². The molecule has 0 radical (unpaired) electrons. The molecule has 2 aromatic carbocycles.